The van der Waals surface area contributed by atoms with Crippen LogP contribution in [-0.2, 0) is 27.2 Å². The fourth-order valence-electron chi connectivity index (χ4n) is 0.460. The van der Waals surface area contributed by atoms with E-state index in [1.807, 2.05) is 6.07 Å². The first kappa shape index (κ1) is 14.5. The third-order valence-corrected chi connectivity index (χ3v) is 1.26. The first-order valence-electron chi connectivity index (χ1n) is 2.67. The van der Waals surface area contributed by atoms with Crippen LogP contribution in [0.25, 0.3) is 0 Å². The normalized spacial score (nSPS) is 7.17. The van der Waals surface area contributed by atoms with Crippen LogP contribution in [0.4, 0.5) is 0 Å². The number of rotatable bonds is 0. The van der Waals surface area contributed by atoms with E-state index in [9.17, 15) is 0 Å². The third-order valence-electron chi connectivity index (χ3n) is 0.787. The van der Waals surface area contributed by atoms with Gasteiger partial charge in [-0.25, -0.2) is 0 Å². The monoisotopic (exact) mass is 298 g/mol. The maximum absolute atomic E-state index is 8.25. The van der Waals surface area contributed by atoms with Gasteiger partial charge >= 0.3 is 22.4 Å². The van der Waals surface area contributed by atoms with Crippen molar-refractivity contribution in [2.45, 2.75) is 0 Å². The second-order valence-corrected chi connectivity index (χ2v) is 2.41. The summed E-state index contributed by atoms with van der Waals surface area (Å²) in [7, 11) is 0. The molecule has 0 radical (unpaired) electrons. The molecule has 5 heteroatoms. The molecular formula is C7H5AgCl2O2. The van der Waals surface area contributed by atoms with Gasteiger partial charge in [0.15, 0.2) is 0 Å². The molecule has 1 aromatic carbocycles. The molecule has 0 aliphatic carbocycles. The predicted octanol–water partition coefficient (Wildman–Crippen LogP) is 1.36. The summed E-state index contributed by atoms with van der Waals surface area (Å²) in [5, 5.41) is 9.61. The van der Waals surface area contributed by atoms with Crippen LogP contribution < -0.4 is 5.11 Å². The first-order valence-corrected chi connectivity index (χ1v) is 3.43. The molecule has 0 bridgehead atoms. The van der Waals surface area contributed by atoms with Crippen molar-refractivity contribution in [2.75, 3.05) is 0 Å². The predicted molar refractivity (Wildman–Crippen MR) is 42.5 cm³/mol. The maximum Gasteiger partial charge on any atom is 1.00 e. The average molecular weight is 300 g/mol. The number of carbonyl (C=O) groups is 1. The molecule has 0 aliphatic heterocycles. The summed E-state index contributed by atoms with van der Waals surface area (Å²) in [6.07, 6.45) is 0. The molecule has 0 spiro atoms. The quantitative estimate of drug-likeness (QED) is 0.536. The van der Waals surface area contributed by atoms with E-state index in [4.69, 9.17) is 33.1 Å². The number of carboxylic acid groups (broad SMARTS) is 1. The summed E-state index contributed by atoms with van der Waals surface area (Å²) >= 11 is 11.1. The zero-order valence-corrected chi connectivity index (χ0v) is 8.75. The van der Waals surface area contributed by atoms with Gasteiger partial charge in [0.2, 0.25) is 0 Å². The van der Waals surface area contributed by atoms with E-state index >= 15 is 0 Å². The second kappa shape index (κ2) is 9.10. The van der Waals surface area contributed by atoms with Gasteiger partial charge in [-0.05, 0) is 18.2 Å². The molecule has 2 nitrogen and oxygen atoms in total. The van der Waals surface area contributed by atoms with Crippen LogP contribution in [0.3, 0.4) is 0 Å². The summed E-state index contributed by atoms with van der Waals surface area (Å²) in [6, 6.07) is 7.08. The smallest absolute Gasteiger partial charge is 0.554 e. The van der Waals surface area contributed by atoms with Crippen molar-refractivity contribution in [1.29, 1.82) is 0 Å². The Hall–Kier alpha value is 0.0103. The summed E-state index contributed by atoms with van der Waals surface area (Å²) in [5.74, 6) is 0. The van der Waals surface area contributed by atoms with Gasteiger partial charge in [-0.15, -0.1) is 0 Å². The van der Waals surface area contributed by atoms with Crippen molar-refractivity contribution in [1.82, 2.24) is 0 Å². The Balaban J connectivity index is 0. The van der Waals surface area contributed by atoms with E-state index in [2.05, 4.69) is 0 Å². The number of carbonyl (C=O) groups excluding carboxylic acids is 1. The van der Waals surface area contributed by atoms with Crippen LogP contribution in [0.5, 0.6) is 0 Å². The summed E-state index contributed by atoms with van der Waals surface area (Å²) in [4.78, 5) is 8.25. The fraction of sp³-hybridized carbons (Fsp3) is 0. The van der Waals surface area contributed by atoms with Crippen LogP contribution in [0.1, 0.15) is 0 Å². The van der Waals surface area contributed by atoms with Crippen LogP contribution in [-0.4, -0.2) is 6.47 Å². The summed E-state index contributed by atoms with van der Waals surface area (Å²) < 4.78 is 0. The van der Waals surface area contributed by atoms with Crippen LogP contribution in [0.2, 0.25) is 10.0 Å². The van der Waals surface area contributed by atoms with E-state index in [1.165, 1.54) is 0 Å². The minimum Gasteiger partial charge on any atom is -0.554 e. The Labute approximate surface area is 96.0 Å². The van der Waals surface area contributed by atoms with Crippen molar-refractivity contribution in [3.8, 4) is 0 Å². The number of halogens is 2. The number of hydrogen-bond acceptors (Lipinski definition) is 2. The first-order chi connectivity index (χ1) is 5.20. The van der Waals surface area contributed by atoms with E-state index in [1.54, 1.807) is 18.2 Å². The molecule has 1 rings (SSSR count). The van der Waals surface area contributed by atoms with Gasteiger partial charge in [-0.3, -0.25) is 0 Å². The average Bonchev–Trinajstić information content (AvgIpc) is 1.88. The molecule has 0 aliphatic rings. The fourth-order valence-corrected chi connectivity index (χ4v) is 0.896. The standard InChI is InChI=1S/C6H4Cl2.CH2O2.Ag/c7-5-2-1-3-6(8)4-5;2-1-3;/h1-4H;1H,(H,2,3);/q;;+1/p-1. The molecular weight excluding hydrogens is 295 g/mol. The zero-order chi connectivity index (χ0) is 8.69. The van der Waals surface area contributed by atoms with Crippen molar-refractivity contribution in [3.63, 3.8) is 0 Å². The molecule has 0 saturated heterocycles. The Kier molecular flexibility index (Phi) is 11.0. The zero-order valence-electron chi connectivity index (χ0n) is 5.76. The molecule has 0 amide bonds. The molecule has 0 heterocycles. The van der Waals surface area contributed by atoms with E-state index in [0.29, 0.717) is 10.0 Å². The molecule has 1 aromatic rings. The molecule has 0 saturated carbocycles. The third kappa shape index (κ3) is 8.11. The Morgan fingerprint density at radius 3 is 1.75 bits per heavy atom. The summed E-state index contributed by atoms with van der Waals surface area (Å²) in [6.45, 7) is -0.500. The number of hydrogen-bond donors (Lipinski definition) is 0. The van der Waals surface area contributed by atoms with Gasteiger partial charge in [-0.2, -0.15) is 0 Å². The van der Waals surface area contributed by atoms with Gasteiger partial charge in [0.1, 0.15) is 0 Å². The number of benzene rings is 1. The van der Waals surface area contributed by atoms with Crippen molar-refractivity contribution in [3.05, 3.63) is 34.3 Å². The molecule has 70 valence electrons. The van der Waals surface area contributed by atoms with Crippen LogP contribution in [0, 0.1) is 0 Å². The van der Waals surface area contributed by atoms with Crippen molar-refractivity contribution < 1.29 is 32.3 Å². The van der Waals surface area contributed by atoms with Crippen molar-refractivity contribution >= 4 is 29.7 Å². The van der Waals surface area contributed by atoms with Gasteiger partial charge in [0.05, 0.1) is 0 Å². The van der Waals surface area contributed by atoms with E-state index in [0.717, 1.165) is 0 Å². The SMILES string of the molecule is Clc1cccc(Cl)c1.O=C[O-].[Ag+]. The molecule has 0 unspecified atom stereocenters. The maximum atomic E-state index is 8.25. The Bertz CT molecular complexity index is 213. The van der Waals surface area contributed by atoms with Gasteiger partial charge < -0.3 is 9.90 Å². The molecule has 0 fully saturated rings. The Morgan fingerprint density at radius 2 is 1.58 bits per heavy atom. The second-order valence-electron chi connectivity index (χ2n) is 1.54. The van der Waals surface area contributed by atoms with E-state index < -0.39 is 6.47 Å². The van der Waals surface area contributed by atoms with Crippen molar-refractivity contribution in [2.24, 2.45) is 0 Å². The minimum atomic E-state index is -0.500. The van der Waals surface area contributed by atoms with Crippen LogP contribution >= 0.6 is 23.2 Å². The van der Waals surface area contributed by atoms with Gasteiger partial charge in [-0.1, -0.05) is 29.3 Å². The molecule has 0 N–H and O–H groups in total. The Morgan fingerprint density at radius 1 is 1.25 bits per heavy atom. The van der Waals surface area contributed by atoms with Crippen LogP contribution in [0.15, 0.2) is 24.3 Å². The molecule has 0 atom stereocenters. The topological polar surface area (TPSA) is 40.1 Å². The minimum absolute atomic E-state index is 0. The summed E-state index contributed by atoms with van der Waals surface area (Å²) in [5.41, 5.74) is 0. The van der Waals surface area contributed by atoms with Gasteiger partial charge in [0, 0.05) is 16.5 Å². The molecule has 12 heavy (non-hydrogen) atoms. The largest absolute Gasteiger partial charge is 1.00 e. The van der Waals surface area contributed by atoms with Gasteiger partial charge in [0.25, 0.3) is 0 Å². The molecule has 0 aromatic heterocycles. The van der Waals surface area contributed by atoms with E-state index in [-0.39, 0.29) is 22.4 Å².